The van der Waals surface area contributed by atoms with Gasteiger partial charge in [0.05, 0.1) is 17.3 Å². The highest BCUT2D eigenvalue weighted by Crippen LogP contribution is 2.32. The van der Waals surface area contributed by atoms with Crippen LogP contribution >= 0.6 is 0 Å². The lowest BCUT2D eigenvalue weighted by Crippen LogP contribution is -2.28. The Morgan fingerprint density at radius 3 is 2.50 bits per heavy atom. The van der Waals surface area contributed by atoms with Crippen LogP contribution in [0.3, 0.4) is 0 Å². The van der Waals surface area contributed by atoms with Gasteiger partial charge in [-0.15, -0.1) is 0 Å². The zero-order chi connectivity index (χ0) is 17.4. The maximum Gasteiger partial charge on any atom is 0.253 e. The summed E-state index contributed by atoms with van der Waals surface area (Å²) in [6.07, 6.45) is 1.88. The number of rotatable bonds is 3. The lowest BCUT2D eigenvalue weighted by Gasteiger charge is -2.16. The molecule has 0 saturated carbocycles. The number of benzene rings is 1. The molecule has 1 N–H and O–H groups in total. The minimum absolute atomic E-state index is 0.0221. The molecule has 1 aliphatic rings. The van der Waals surface area contributed by atoms with Crippen molar-refractivity contribution in [3.8, 4) is 0 Å². The van der Waals surface area contributed by atoms with Gasteiger partial charge in [-0.05, 0) is 57.7 Å². The van der Waals surface area contributed by atoms with Crippen LogP contribution in [0.5, 0.6) is 0 Å². The van der Waals surface area contributed by atoms with Gasteiger partial charge >= 0.3 is 0 Å². The number of hydrogen-bond donors (Lipinski definition) is 1. The van der Waals surface area contributed by atoms with Gasteiger partial charge in [0.1, 0.15) is 0 Å². The summed E-state index contributed by atoms with van der Waals surface area (Å²) >= 11 is 0. The number of carbonyl (C=O) groups excluding carboxylic acids is 2. The minimum atomic E-state index is -0.165. The summed E-state index contributed by atoms with van der Waals surface area (Å²) in [6.45, 7) is 7.15. The van der Waals surface area contributed by atoms with E-state index in [9.17, 15) is 9.59 Å². The number of Topliss-reactive ketones (excluding diaryl/α,β-unsaturated/α-hetero) is 1. The first-order chi connectivity index (χ1) is 11.4. The van der Waals surface area contributed by atoms with Crippen LogP contribution in [-0.4, -0.2) is 16.7 Å². The van der Waals surface area contributed by atoms with E-state index < -0.39 is 0 Å². The summed E-state index contributed by atoms with van der Waals surface area (Å²) < 4.78 is 0. The van der Waals surface area contributed by atoms with Crippen molar-refractivity contribution in [2.75, 3.05) is 0 Å². The number of amides is 1. The normalized spacial score (nSPS) is 15.9. The van der Waals surface area contributed by atoms with Crippen LogP contribution in [-0.2, 0) is 6.42 Å². The lowest BCUT2D eigenvalue weighted by atomic mass is 10.0. The molecule has 0 bridgehead atoms. The van der Waals surface area contributed by atoms with Gasteiger partial charge in [0.15, 0.2) is 5.78 Å². The molecule has 124 valence electrons. The van der Waals surface area contributed by atoms with Crippen molar-refractivity contribution in [2.45, 2.75) is 46.6 Å². The SMILES string of the molecule is CC(=O)c1cc(C(=O)NC2CCc3ccc(C)cc32)c(C)nc1C. The Morgan fingerprint density at radius 2 is 1.79 bits per heavy atom. The predicted octanol–water partition coefficient (Wildman–Crippen LogP) is 3.63. The molecule has 1 aromatic carbocycles. The number of hydrogen-bond acceptors (Lipinski definition) is 3. The zero-order valence-corrected chi connectivity index (χ0v) is 14.6. The number of carbonyl (C=O) groups is 2. The third-order valence-electron chi connectivity index (χ3n) is 4.71. The summed E-state index contributed by atoms with van der Waals surface area (Å²) in [5.74, 6) is -0.238. The highest BCUT2D eigenvalue weighted by molar-refractivity contribution is 6.00. The second-order valence-corrected chi connectivity index (χ2v) is 6.58. The molecule has 1 amide bonds. The molecule has 0 fully saturated rings. The minimum Gasteiger partial charge on any atom is -0.345 e. The van der Waals surface area contributed by atoms with Crippen LogP contribution in [0.15, 0.2) is 24.3 Å². The highest BCUT2D eigenvalue weighted by atomic mass is 16.1. The first-order valence-electron chi connectivity index (χ1n) is 8.26. The molecule has 1 unspecified atom stereocenters. The smallest absolute Gasteiger partial charge is 0.253 e. The second kappa shape index (κ2) is 6.19. The molecule has 2 aromatic rings. The van der Waals surface area contributed by atoms with Crippen molar-refractivity contribution < 1.29 is 9.59 Å². The summed E-state index contributed by atoms with van der Waals surface area (Å²) in [4.78, 5) is 28.8. The molecule has 1 atom stereocenters. The van der Waals surface area contributed by atoms with E-state index in [0.717, 1.165) is 12.8 Å². The summed E-state index contributed by atoms with van der Waals surface area (Å²) in [5.41, 5.74) is 6.00. The first kappa shape index (κ1) is 16.4. The van der Waals surface area contributed by atoms with Crippen molar-refractivity contribution in [2.24, 2.45) is 0 Å². The van der Waals surface area contributed by atoms with Crippen molar-refractivity contribution >= 4 is 11.7 Å². The van der Waals surface area contributed by atoms with Gasteiger partial charge in [-0.1, -0.05) is 23.8 Å². The van der Waals surface area contributed by atoms with E-state index in [-0.39, 0.29) is 17.7 Å². The van der Waals surface area contributed by atoms with Crippen molar-refractivity contribution in [3.05, 3.63) is 63.5 Å². The fraction of sp³-hybridized carbons (Fsp3) is 0.350. The van der Waals surface area contributed by atoms with Crippen LogP contribution in [0.1, 0.15) is 68.2 Å². The first-order valence-corrected chi connectivity index (χ1v) is 8.26. The van der Waals surface area contributed by atoms with E-state index in [1.807, 2.05) is 0 Å². The number of ketones is 1. The third kappa shape index (κ3) is 2.96. The Labute approximate surface area is 142 Å². The Balaban J connectivity index is 1.88. The third-order valence-corrected chi connectivity index (χ3v) is 4.71. The zero-order valence-electron chi connectivity index (χ0n) is 14.6. The number of pyridine rings is 1. The van der Waals surface area contributed by atoms with Gasteiger partial charge in [-0.2, -0.15) is 0 Å². The molecule has 0 saturated heterocycles. The topological polar surface area (TPSA) is 59.1 Å². The van der Waals surface area contributed by atoms with E-state index >= 15 is 0 Å². The summed E-state index contributed by atoms with van der Waals surface area (Å²) in [6, 6.07) is 8.09. The summed E-state index contributed by atoms with van der Waals surface area (Å²) in [5, 5.41) is 3.11. The standard InChI is InChI=1S/C20H22N2O2/c1-11-5-6-15-7-8-19(18(15)9-11)22-20(24)17-10-16(14(4)23)12(2)21-13(17)3/h5-6,9-10,19H,7-8H2,1-4H3,(H,22,24). The highest BCUT2D eigenvalue weighted by Gasteiger charge is 2.25. The molecule has 4 nitrogen and oxygen atoms in total. The van der Waals surface area contributed by atoms with Gasteiger partial charge in [0.2, 0.25) is 0 Å². The average molecular weight is 322 g/mol. The molecular formula is C20H22N2O2. The number of nitrogens with one attached hydrogen (secondary N) is 1. The Morgan fingerprint density at radius 1 is 1.08 bits per heavy atom. The molecule has 4 heteroatoms. The monoisotopic (exact) mass is 322 g/mol. The van der Waals surface area contributed by atoms with Crippen LogP contribution in [0.25, 0.3) is 0 Å². The quantitative estimate of drug-likeness (QED) is 0.878. The Bertz CT molecular complexity index is 840. The molecule has 1 heterocycles. The van der Waals surface area contributed by atoms with Gasteiger partial charge < -0.3 is 5.32 Å². The number of aryl methyl sites for hydroxylation is 4. The van der Waals surface area contributed by atoms with Gasteiger partial charge in [0, 0.05) is 11.3 Å². The van der Waals surface area contributed by atoms with Crippen molar-refractivity contribution in [3.63, 3.8) is 0 Å². The van der Waals surface area contributed by atoms with Crippen LogP contribution < -0.4 is 5.32 Å². The Hall–Kier alpha value is -2.49. The van der Waals surface area contributed by atoms with E-state index in [1.54, 1.807) is 19.9 Å². The predicted molar refractivity (Wildman–Crippen MR) is 93.4 cm³/mol. The van der Waals surface area contributed by atoms with E-state index in [2.05, 4.69) is 35.4 Å². The molecule has 24 heavy (non-hydrogen) atoms. The average Bonchev–Trinajstić information content (AvgIpc) is 2.89. The fourth-order valence-corrected chi connectivity index (χ4v) is 3.42. The maximum absolute atomic E-state index is 12.7. The molecular weight excluding hydrogens is 300 g/mol. The van der Waals surface area contributed by atoms with Crippen LogP contribution in [0, 0.1) is 20.8 Å². The van der Waals surface area contributed by atoms with Crippen molar-refractivity contribution in [1.82, 2.24) is 10.3 Å². The number of fused-ring (bicyclic) bond motifs is 1. The molecule has 0 radical (unpaired) electrons. The molecule has 1 aromatic heterocycles. The maximum atomic E-state index is 12.7. The van der Waals surface area contributed by atoms with Crippen molar-refractivity contribution in [1.29, 1.82) is 0 Å². The Kier molecular flexibility index (Phi) is 4.22. The molecule has 3 rings (SSSR count). The largest absolute Gasteiger partial charge is 0.345 e. The lowest BCUT2D eigenvalue weighted by molar-refractivity contribution is 0.0935. The van der Waals surface area contributed by atoms with Crippen LogP contribution in [0.4, 0.5) is 0 Å². The fourth-order valence-electron chi connectivity index (χ4n) is 3.42. The van der Waals surface area contributed by atoms with E-state index in [1.165, 1.54) is 23.6 Å². The summed E-state index contributed by atoms with van der Waals surface area (Å²) in [7, 11) is 0. The number of aromatic nitrogens is 1. The molecule has 0 spiro atoms. The van der Waals surface area contributed by atoms with Gasteiger partial charge in [-0.25, -0.2) is 0 Å². The molecule has 1 aliphatic carbocycles. The molecule has 0 aliphatic heterocycles. The van der Waals surface area contributed by atoms with Gasteiger partial charge in [0.25, 0.3) is 5.91 Å². The van der Waals surface area contributed by atoms with Crippen LogP contribution in [0.2, 0.25) is 0 Å². The number of nitrogens with zero attached hydrogens (tertiary/aromatic N) is 1. The van der Waals surface area contributed by atoms with E-state index in [0.29, 0.717) is 22.5 Å². The van der Waals surface area contributed by atoms with Gasteiger partial charge in [-0.3, -0.25) is 14.6 Å². The van der Waals surface area contributed by atoms with E-state index in [4.69, 9.17) is 0 Å². The second-order valence-electron chi connectivity index (χ2n) is 6.58.